The summed E-state index contributed by atoms with van der Waals surface area (Å²) in [4.78, 5) is 28.2. The maximum atomic E-state index is 12.4. The van der Waals surface area contributed by atoms with Gasteiger partial charge < -0.3 is 4.90 Å². The lowest BCUT2D eigenvalue weighted by Gasteiger charge is -2.31. The van der Waals surface area contributed by atoms with Gasteiger partial charge in [0.25, 0.3) is 11.5 Å². The SMILES string of the molecule is CC(C)n1c(=O)c(Br)cc2cnc(N=CC3CCC(N(C)C)CC3)nc21. The fourth-order valence-electron chi connectivity index (χ4n) is 3.56. The smallest absolute Gasteiger partial charge is 0.266 e. The summed E-state index contributed by atoms with van der Waals surface area (Å²) in [6, 6.07) is 2.46. The van der Waals surface area contributed by atoms with Crippen molar-refractivity contribution in [3.05, 3.63) is 27.1 Å². The van der Waals surface area contributed by atoms with Crippen molar-refractivity contribution in [2.75, 3.05) is 14.1 Å². The van der Waals surface area contributed by atoms with Gasteiger partial charge in [-0.2, -0.15) is 4.98 Å². The van der Waals surface area contributed by atoms with Crippen LogP contribution in [-0.4, -0.2) is 45.8 Å². The Labute approximate surface area is 162 Å². The van der Waals surface area contributed by atoms with E-state index >= 15 is 0 Å². The number of hydrogen-bond acceptors (Lipinski definition) is 5. The van der Waals surface area contributed by atoms with E-state index in [0.29, 0.717) is 28.0 Å². The van der Waals surface area contributed by atoms with Crippen molar-refractivity contribution < 1.29 is 0 Å². The van der Waals surface area contributed by atoms with Crippen LogP contribution in [-0.2, 0) is 0 Å². The molecular weight excluding hydrogens is 394 g/mol. The summed E-state index contributed by atoms with van der Waals surface area (Å²) in [6.45, 7) is 3.95. The molecule has 140 valence electrons. The number of fused-ring (bicyclic) bond motifs is 1. The Kier molecular flexibility index (Phi) is 5.87. The zero-order chi connectivity index (χ0) is 18.8. The zero-order valence-electron chi connectivity index (χ0n) is 15.8. The molecule has 0 N–H and O–H groups in total. The Balaban J connectivity index is 1.84. The maximum absolute atomic E-state index is 12.4. The van der Waals surface area contributed by atoms with E-state index in [9.17, 15) is 4.79 Å². The molecule has 0 amide bonds. The third-order valence-corrected chi connectivity index (χ3v) is 5.67. The van der Waals surface area contributed by atoms with Crippen LogP contribution in [0.5, 0.6) is 0 Å². The van der Waals surface area contributed by atoms with Crippen LogP contribution in [0.3, 0.4) is 0 Å². The van der Waals surface area contributed by atoms with Gasteiger partial charge in [0.2, 0.25) is 0 Å². The van der Waals surface area contributed by atoms with E-state index < -0.39 is 0 Å². The second kappa shape index (κ2) is 7.96. The standard InChI is InChI=1S/C19H26BrN5O/c1-12(2)25-17-14(9-16(20)18(25)26)11-22-19(23-17)21-10-13-5-7-15(8-6-13)24(3)4/h9-13,15H,5-8H2,1-4H3. The predicted molar refractivity (Wildman–Crippen MR) is 109 cm³/mol. The second-order valence-corrected chi connectivity index (χ2v) is 8.37. The van der Waals surface area contributed by atoms with Gasteiger partial charge in [-0.25, -0.2) is 9.98 Å². The van der Waals surface area contributed by atoms with Gasteiger partial charge in [0.15, 0.2) is 0 Å². The minimum atomic E-state index is -0.0804. The number of pyridine rings is 1. The summed E-state index contributed by atoms with van der Waals surface area (Å²) >= 11 is 3.33. The molecule has 0 saturated heterocycles. The first-order valence-electron chi connectivity index (χ1n) is 9.15. The summed E-state index contributed by atoms with van der Waals surface area (Å²) in [5, 5.41) is 0.829. The molecular formula is C19H26BrN5O. The van der Waals surface area contributed by atoms with Crippen molar-refractivity contribution in [1.82, 2.24) is 19.4 Å². The summed E-state index contributed by atoms with van der Waals surface area (Å²) < 4.78 is 2.21. The van der Waals surface area contributed by atoms with Gasteiger partial charge in [-0.05, 0) is 81.5 Å². The fourth-order valence-corrected chi connectivity index (χ4v) is 4.00. The van der Waals surface area contributed by atoms with Gasteiger partial charge in [-0.15, -0.1) is 0 Å². The minimum absolute atomic E-state index is 0.00976. The van der Waals surface area contributed by atoms with Crippen molar-refractivity contribution in [1.29, 1.82) is 0 Å². The van der Waals surface area contributed by atoms with Crippen LogP contribution in [0.2, 0.25) is 0 Å². The van der Waals surface area contributed by atoms with Crippen LogP contribution in [0.25, 0.3) is 11.0 Å². The highest BCUT2D eigenvalue weighted by atomic mass is 79.9. The summed E-state index contributed by atoms with van der Waals surface area (Å²) in [6.07, 6.45) is 8.41. The van der Waals surface area contributed by atoms with Crippen molar-refractivity contribution in [2.24, 2.45) is 10.9 Å². The number of nitrogens with zero attached hydrogens (tertiary/aromatic N) is 5. The quantitative estimate of drug-likeness (QED) is 0.703. The molecule has 6 nitrogen and oxygen atoms in total. The summed E-state index contributed by atoms with van der Waals surface area (Å²) in [7, 11) is 4.29. The molecule has 2 aromatic heterocycles. The molecule has 1 saturated carbocycles. The van der Waals surface area contributed by atoms with Crippen molar-refractivity contribution in [3.63, 3.8) is 0 Å². The van der Waals surface area contributed by atoms with E-state index in [4.69, 9.17) is 0 Å². The lowest BCUT2D eigenvalue weighted by Crippen LogP contribution is -2.32. The normalized spacial score (nSPS) is 21.3. The Bertz CT molecular complexity index is 866. The summed E-state index contributed by atoms with van der Waals surface area (Å²) in [5.41, 5.74) is 0.551. The third-order valence-electron chi connectivity index (χ3n) is 5.11. The van der Waals surface area contributed by atoms with E-state index in [1.54, 1.807) is 16.8 Å². The lowest BCUT2D eigenvalue weighted by molar-refractivity contribution is 0.215. The summed E-state index contributed by atoms with van der Waals surface area (Å²) in [5.74, 6) is 0.895. The van der Waals surface area contributed by atoms with Crippen LogP contribution < -0.4 is 5.56 Å². The number of halogens is 1. The Morgan fingerprint density at radius 3 is 2.62 bits per heavy atom. The molecule has 1 aliphatic carbocycles. The molecule has 0 unspecified atom stereocenters. The van der Waals surface area contributed by atoms with Crippen LogP contribution in [0, 0.1) is 5.92 Å². The Morgan fingerprint density at radius 1 is 1.31 bits per heavy atom. The highest BCUT2D eigenvalue weighted by molar-refractivity contribution is 9.10. The average Bonchev–Trinajstić information content (AvgIpc) is 2.61. The van der Waals surface area contributed by atoms with Crippen LogP contribution >= 0.6 is 15.9 Å². The largest absolute Gasteiger partial charge is 0.306 e. The first-order valence-corrected chi connectivity index (χ1v) is 9.94. The Morgan fingerprint density at radius 2 is 2.00 bits per heavy atom. The van der Waals surface area contributed by atoms with E-state index in [-0.39, 0.29) is 11.6 Å². The molecule has 0 atom stereocenters. The van der Waals surface area contributed by atoms with Crippen molar-refractivity contribution in [2.45, 2.75) is 51.6 Å². The fraction of sp³-hybridized carbons (Fsp3) is 0.579. The van der Waals surface area contributed by atoms with Gasteiger partial charge in [-0.1, -0.05) is 0 Å². The molecule has 3 rings (SSSR count). The second-order valence-electron chi connectivity index (χ2n) is 7.52. The molecule has 0 aliphatic heterocycles. The average molecular weight is 420 g/mol. The van der Waals surface area contributed by atoms with Gasteiger partial charge in [0.1, 0.15) is 5.65 Å². The van der Waals surface area contributed by atoms with E-state index in [1.165, 1.54) is 12.8 Å². The molecule has 1 aliphatic rings. The van der Waals surface area contributed by atoms with Crippen LogP contribution in [0.1, 0.15) is 45.6 Å². The molecule has 2 heterocycles. The topological polar surface area (TPSA) is 63.4 Å². The zero-order valence-corrected chi connectivity index (χ0v) is 17.4. The maximum Gasteiger partial charge on any atom is 0.266 e. The van der Waals surface area contributed by atoms with Crippen molar-refractivity contribution in [3.8, 4) is 0 Å². The highest BCUT2D eigenvalue weighted by Gasteiger charge is 2.21. The van der Waals surface area contributed by atoms with Gasteiger partial charge in [0.05, 0.1) is 4.47 Å². The molecule has 0 radical (unpaired) electrons. The number of rotatable bonds is 4. The molecule has 0 spiro atoms. The lowest BCUT2D eigenvalue weighted by atomic mass is 9.86. The van der Waals surface area contributed by atoms with Gasteiger partial charge in [0, 0.05) is 29.9 Å². The molecule has 26 heavy (non-hydrogen) atoms. The van der Waals surface area contributed by atoms with Gasteiger partial charge in [-0.3, -0.25) is 9.36 Å². The Hall–Kier alpha value is -1.60. The monoisotopic (exact) mass is 419 g/mol. The van der Waals surface area contributed by atoms with E-state index in [0.717, 1.165) is 18.2 Å². The minimum Gasteiger partial charge on any atom is -0.306 e. The predicted octanol–water partition coefficient (Wildman–Crippen LogP) is 3.96. The molecule has 0 aromatic carbocycles. The molecule has 1 fully saturated rings. The van der Waals surface area contributed by atoms with Crippen LogP contribution in [0.4, 0.5) is 5.95 Å². The van der Waals surface area contributed by atoms with Gasteiger partial charge >= 0.3 is 0 Å². The van der Waals surface area contributed by atoms with E-state index in [1.807, 2.05) is 20.1 Å². The molecule has 0 bridgehead atoms. The third kappa shape index (κ3) is 4.04. The van der Waals surface area contributed by atoms with Crippen LogP contribution in [0.15, 0.2) is 26.5 Å². The number of hydrogen-bond donors (Lipinski definition) is 0. The molecule has 7 heteroatoms. The first kappa shape index (κ1) is 19.2. The van der Waals surface area contributed by atoms with Crippen molar-refractivity contribution >= 4 is 39.1 Å². The molecule has 2 aromatic rings. The number of aromatic nitrogens is 3. The van der Waals surface area contributed by atoms with E-state index in [2.05, 4.69) is 49.9 Å². The first-order chi connectivity index (χ1) is 12.4. The number of aliphatic imine (C=N–C) groups is 1. The highest BCUT2D eigenvalue weighted by Crippen LogP contribution is 2.26.